The second-order valence-corrected chi connectivity index (χ2v) is 6.23. The van der Waals surface area contributed by atoms with Gasteiger partial charge in [-0.3, -0.25) is 14.6 Å². The molecule has 5 nitrogen and oxygen atoms in total. The first-order chi connectivity index (χ1) is 9.04. The number of hydrogen-bond donors (Lipinski definition) is 1. The van der Waals surface area contributed by atoms with Gasteiger partial charge in [-0.05, 0) is 18.9 Å². The van der Waals surface area contributed by atoms with Gasteiger partial charge in [-0.15, -0.1) is 0 Å². The zero-order chi connectivity index (χ0) is 13.8. The molecule has 2 unspecified atom stereocenters. The second-order valence-electron chi connectivity index (χ2n) is 6.23. The van der Waals surface area contributed by atoms with Crippen LogP contribution in [0.5, 0.6) is 0 Å². The summed E-state index contributed by atoms with van der Waals surface area (Å²) in [5.41, 5.74) is 0. The molecule has 2 aliphatic heterocycles. The predicted octanol–water partition coefficient (Wildman–Crippen LogP) is 0.750. The molecule has 110 valence electrons. The number of ether oxygens (including phenoxy) is 1. The molecule has 5 heteroatoms. The number of hydrogen-bond acceptors (Lipinski definition) is 4. The van der Waals surface area contributed by atoms with Crippen LogP contribution in [0.25, 0.3) is 0 Å². The van der Waals surface area contributed by atoms with E-state index in [9.17, 15) is 4.79 Å². The number of aliphatic carboxylic acids is 1. The SMILES string of the molecule is CC(C)CN1CCOC(CN2CCC(C(=O)O)C2)C1. The third-order valence-corrected chi connectivity index (χ3v) is 3.93. The first-order valence-corrected chi connectivity index (χ1v) is 7.33. The largest absolute Gasteiger partial charge is 0.481 e. The van der Waals surface area contributed by atoms with Crippen LogP contribution in [0.3, 0.4) is 0 Å². The molecule has 0 aromatic carbocycles. The summed E-state index contributed by atoms with van der Waals surface area (Å²) in [6.07, 6.45) is 1.01. The lowest BCUT2D eigenvalue weighted by atomic mass is 10.1. The molecule has 2 rings (SSSR count). The fourth-order valence-corrected chi connectivity index (χ4v) is 3.06. The molecule has 0 radical (unpaired) electrons. The third kappa shape index (κ3) is 4.44. The van der Waals surface area contributed by atoms with E-state index >= 15 is 0 Å². The zero-order valence-corrected chi connectivity index (χ0v) is 12.0. The van der Waals surface area contributed by atoms with Crippen molar-refractivity contribution in [3.8, 4) is 0 Å². The number of rotatable bonds is 5. The average molecular weight is 270 g/mol. The second kappa shape index (κ2) is 6.68. The van der Waals surface area contributed by atoms with Gasteiger partial charge in [-0.2, -0.15) is 0 Å². The Kier molecular flexibility index (Phi) is 5.19. The molecule has 1 N–H and O–H groups in total. The fraction of sp³-hybridized carbons (Fsp3) is 0.929. The number of likely N-dealkylation sites (tertiary alicyclic amines) is 1. The Hall–Kier alpha value is -0.650. The van der Waals surface area contributed by atoms with Gasteiger partial charge in [0.15, 0.2) is 0 Å². The molecule has 0 spiro atoms. The lowest BCUT2D eigenvalue weighted by Gasteiger charge is -2.35. The minimum absolute atomic E-state index is 0.185. The first-order valence-electron chi connectivity index (χ1n) is 7.33. The molecule has 0 saturated carbocycles. The summed E-state index contributed by atoms with van der Waals surface area (Å²) < 4.78 is 5.82. The van der Waals surface area contributed by atoms with Crippen LogP contribution in [0.1, 0.15) is 20.3 Å². The maximum atomic E-state index is 10.9. The minimum Gasteiger partial charge on any atom is -0.481 e. The van der Waals surface area contributed by atoms with Crippen molar-refractivity contribution >= 4 is 5.97 Å². The van der Waals surface area contributed by atoms with Crippen LogP contribution < -0.4 is 0 Å². The molecule has 0 bridgehead atoms. The number of morpholine rings is 1. The van der Waals surface area contributed by atoms with Crippen molar-refractivity contribution < 1.29 is 14.6 Å². The molecule has 2 atom stereocenters. The number of carboxylic acid groups (broad SMARTS) is 1. The topological polar surface area (TPSA) is 53.0 Å². The Labute approximate surface area is 115 Å². The summed E-state index contributed by atoms with van der Waals surface area (Å²) in [7, 11) is 0. The van der Waals surface area contributed by atoms with E-state index in [-0.39, 0.29) is 12.0 Å². The van der Waals surface area contributed by atoms with Crippen LogP contribution in [0, 0.1) is 11.8 Å². The van der Waals surface area contributed by atoms with Crippen molar-refractivity contribution in [2.24, 2.45) is 11.8 Å². The van der Waals surface area contributed by atoms with E-state index in [1.807, 2.05) is 0 Å². The number of carbonyl (C=O) groups is 1. The fourth-order valence-electron chi connectivity index (χ4n) is 3.06. The van der Waals surface area contributed by atoms with Crippen LogP contribution in [-0.2, 0) is 9.53 Å². The molecular formula is C14H26N2O3. The van der Waals surface area contributed by atoms with Gasteiger partial charge in [0.05, 0.1) is 18.6 Å². The quantitative estimate of drug-likeness (QED) is 0.799. The summed E-state index contributed by atoms with van der Waals surface area (Å²) in [6, 6.07) is 0. The van der Waals surface area contributed by atoms with E-state index in [1.54, 1.807) is 0 Å². The summed E-state index contributed by atoms with van der Waals surface area (Å²) >= 11 is 0. The van der Waals surface area contributed by atoms with Gasteiger partial charge in [-0.25, -0.2) is 0 Å². The normalized spacial score (nSPS) is 30.1. The van der Waals surface area contributed by atoms with Gasteiger partial charge >= 0.3 is 5.97 Å². The van der Waals surface area contributed by atoms with Gasteiger partial charge in [0.1, 0.15) is 0 Å². The number of nitrogens with zero attached hydrogens (tertiary/aromatic N) is 2. The molecule has 0 aromatic heterocycles. The first kappa shape index (κ1) is 14.8. The summed E-state index contributed by atoms with van der Waals surface area (Å²) in [4.78, 5) is 15.6. The highest BCUT2D eigenvalue weighted by Gasteiger charge is 2.30. The smallest absolute Gasteiger partial charge is 0.307 e. The summed E-state index contributed by atoms with van der Waals surface area (Å²) in [5.74, 6) is -0.161. The molecule has 19 heavy (non-hydrogen) atoms. The molecule has 2 fully saturated rings. The summed E-state index contributed by atoms with van der Waals surface area (Å²) in [5, 5.41) is 9.01. The Morgan fingerprint density at radius 3 is 2.74 bits per heavy atom. The Morgan fingerprint density at radius 1 is 1.32 bits per heavy atom. The molecule has 2 aliphatic rings. The standard InChI is InChI=1S/C14H26N2O3/c1-11(2)7-16-5-6-19-13(10-16)9-15-4-3-12(8-15)14(17)18/h11-13H,3-10H2,1-2H3,(H,17,18). The minimum atomic E-state index is -0.659. The van der Waals surface area contributed by atoms with Crippen LogP contribution in [0.2, 0.25) is 0 Å². The average Bonchev–Trinajstić information content (AvgIpc) is 2.77. The highest BCUT2D eigenvalue weighted by molar-refractivity contribution is 5.70. The predicted molar refractivity (Wildman–Crippen MR) is 73.2 cm³/mol. The van der Waals surface area contributed by atoms with Gasteiger partial charge in [0, 0.05) is 32.7 Å². The van der Waals surface area contributed by atoms with Crippen molar-refractivity contribution in [3.63, 3.8) is 0 Å². The Balaban J connectivity index is 1.75. The van der Waals surface area contributed by atoms with Crippen LogP contribution >= 0.6 is 0 Å². The third-order valence-electron chi connectivity index (χ3n) is 3.93. The number of carboxylic acids is 1. The van der Waals surface area contributed by atoms with E-state index in [1.165, 1.54) is 0 Å². The van der Waals surface area contributed by atoms with E-state index in [0.717, 1.165) is 45.8 Å². The molecule has 0 aliphatic carbocycles. The highest BCUT2D eigenvalue weighted by Crippen LogP contribution is 2.18. The monoisotopic (exact) mass is 270 g/mol. The molecular weight excluding hydrogens is 244 g/mol. The molecule has 0 aromatic rings. The van der Waals surface area contributed by atoms with Crippen molar-refractivity contribution in [1.82, 2.24) is 9.80 Å². The molecule has 2 saturated heterocycles. The van der Waals surface area contributed by atoms with E-state index < -0.39 is 5.97 Å². The maximum absolute atomic E-state index is 10.9. The lowest BCUT2D eigenvalue weighted by molar-refractivity contribution is -0.141. The Bertz CT molecular complexity index is 309. The van der Waals surface area contributed by atoms with E-state index in [4.69, 9.17) is 9.84 Å². The Morgan fingerprint density at radius 2 is 2.11 bits per heavy atom. The highest BCUT2D eigenvalue weighted by atomic mass is 16.5. The van der Waals surface area contributed by atoms with Crippen molar-refractivity contribution in [3.05, 3.63) is 0 Å². The molecule has 0 amide bonds. The van der Waals surface area contributed by atoms with E-state index in [0.29, 0.717) is 12.5 Å². The maximum Gasteiger partial charge on any atom is 0.307 e. The van der Waals surface area contributed by atoms with E-state index in [2.05, 4.69) is 23.6 Å². The van der Waals surface area contributed by atoms with Crippen LogP contribution in [-0.4, -0.2) is 72.9 Å². The van der Waals surface area contributed by atoms with Crippen LogP contribution in [0.4, 0.5) is 0 Å². The van der Waals surface area contributed by atoms with Gasteiger partial charge in [0.25, 0.3) is 0 Å². The van der Waals surface area contributed by atoms with Crippen molar-refractivity contribution in [2.75, 3.05) is 45.9 Å². The van der Waals surface area contributed by atoms with Gasteiger partial charge in [0.2, 0.25) is 0 Å². The lowest BCUT2D eigenvalue weighted by Crippen LogP contribution is -2.48. The van der Waals surface area contributed by atoms with Crippen molar-refractivity contribution in [2.45, 2.75) is 26.4 Å². The van der Waals surface area contributed by atoms with Gasteiger partial charge < -0.3 is 9.84 Å². The van der Waals surface area contributed by atoms with Crippen molar-refractivity contribution in [1.29, 1.82) is 0 Å². The molecule has 2 heterocycles. The zero-order valence-electron chi connectivity index (χ0n) is 12.0. The van der Waals surface area contributed by atoms with Crippen LogP contribution in [0.15, 0.2) is 0 Å². The van der Waals surface area contributed by atoms with Gasteiger partial charge in [-0.1, -0.05) is 13.8 Å². The summed E-state index contributed by atoms with van der Waals surface area (Å²) in [6.45, 7) is 10.8.